The van der Waals surface area contributed by atoms with Crippen molar-refractivity contribution in [1.82, 2.24) is 0 Å². The molecule has 0 amide bonds. The van der Waals surface area contributed by atoms with Crippen LogP contribution in [-0.2, 0) is 6.42 Å². The molecule has 3 heteroatoms. The number of aryl methyl sites for hydroxylation is 1. The summed E-state index contributed by atoms with van der Waals surface area (Å²) in [6, 6.07) is 5.97. The zero-order valence-electron chi connectivity index (χ0n) is 9.49. The second kappa shape index (κ2) is 5.73. The first-order valence-electron chi connectivity index (χ1n) is 5.35. The molecule has 0 heterocycles. The summed E-state index contributed by atoms with van der Waals surface area (Å²) in [4.78, 5) is 0. The van der Waals surface area contributed by atoms with Gasteiger partial charge in [0.15, 0.2) is 0 Å². The van der Waals surface area contributed by atoms with E-state index in [0.717, 1.165) is 24.2 Å². The van der Waals surface area contributed by atoms with Crippen molar-refractivity contribution in [3.63, 3.8) is 0 Å². The van der Waals surface area contributed by atoms with Crippen LogP contribution in [-0.4, -0.2) is 13.7 Å². The lowest BCUT2D eigenvalue weighted by molar-refractivity contribution is 0.409. The summed E-state index contributed by atoms with van der Waals surface area (Å²) in [7, 11) is 1.69. The lowest BCUT2D eigenvalue weighted by atomic mass is 10.0. The van der Waals surface area contributed by atoms with Crippen molar-refractivity contribution in [3.8, 4) is 5.75 Å². The van der Waals surface area contributed by atoms with Gasteiger partial charge in [0.05, 0.1) is 7.11 Å². The van der Waals surface area contributed by atoms with Gasteiger partial charge in [-0.15, -0.1) is 0 Å². The second-order valence-corrected chi connectivity index (χ2v) is 3.66. The Morgan fingerprint density at radius 1 is 1.40 bits per heavy atom. The van der Waals surface area contributed by atoms with Crippen molar-refractivity contribution in [2.45, 2.75) is 25.8 Å². The highest BCUT2D eigenvalue weighted by Crippen LogP contribution is 2.23. The first-order valence-corrected chi connectivity index (χ1v) is 5.35. The van der Waals surface area contributed by atoms with Gasteiger partial charge in [0.25, 0.3) is 0 Å². The Morgan fingerprint density at radius 3 is 2.67 bits per heavy atom. The number of hydrogen-bond acceptors (Lipinski definition) is 3. The summed E-state index contributed by atoms with van der Waals surface area (Å²) in [6.45, 7) is 2.62. The minimum Gasteiger partial charge on any atom is -0.496 e. The van der Waals surface area contributed by atoms with Gasteiger partial charge in [-0.25, -0.2) is 0 Å². The summed E-state index contributed by atoms with van der Waals surface area (Å²) < 4.78 is 5.29. The highest BCUT2D eigenvalue weighted by Gasteiger charge is 2.08. The summed E-state index contributed by atoms with van der Waals surface area (Å²) in [6.07, 6.45) is 2.10. The zero-order chi connectivity index (χ0) is 11.3. The maximum Gasteiger partial charge on any atom is 0.122 e. The Morgan fingerprint density at radius 2 is 2.13 bits per heavy atom. The van der Waals surface area contributed by atoms with Crippen molar-refractivity contribution in [2.75, 3.05) is 13.7 Å². The van der Waals surface area contributed by atoms with Crippen LogP contribution < -0.4 is 16.2 Å². The molecule has 1 rings (SSSR count). The molecule has 0 radical (unpaired) electrons. The molecule has 3 nitrogen and oxygen atoms in total. The number of benzene rings is 1. The first-order chi connectivity index (χ1) is 7.22. The quantitative estimate of drug-likeness (QED) is 0.772. The fraction of sp³-hybridized carbons (Fsp3) is 0.500. The van der Waals surface area contributed by atoms with E-state index in [1.165, 1.54) is 5.56 Å². The van der Waals surface area contributed by atoms with Crippen LogP contribution in [0.4, 0.5) is 0 Å². The van der Waals surface area contributed by atoms with E-state index in [1.54, 1.807) is 7.11 Å². The highest BCUT2D eigenvalue weighted by molar-refractivity contribution is 5.38. The average Bonchev–Trinajstić information content (AvgIpc) is 2.28. The minimum atomic E-state index is -0.0773. The van der Waals surface area contributed by atoms with Gasteiger partial charge in [-0.1, -0.05) is 25.5 Å². The highest BCUT2D eigenvalue weighted by atomic mass is 16.5. The van der Waals surface area contributed by atoms with Crippen molar-refractivity contribution in [2.24, 2.45) is 11.5 Å². The van der Waals surface area contributed by atoms with Gasteiger partial charge in [-0.3, -0.25) is 0 Å². The van der Waals surface area contributed by atoms with E-state index in [4.69, 9.17) is 16.2 Å². The summed E-state index contributed by atoms with van der Waals surface area (Å²) in [5.74, 6) is 0.935. The SMILES string of the molecule is CCCc1cc(C(N)CN)ccc1OC. The first kappa shape index (κ1) is 12.0. The summed E-state index contributed by atoms with van der Waals surface area (Å²) in [5, 5.41) is 0. The van der Waals surface area contributed by atoms with Crippen LogP contribution in [0, 0.1) is 0 Å². The third kappa shape index (κ3) is 2.94. The van der Waals surface area contributed by atoms with Crippen LogP contribution in [0.5, 0.6) is 5.75 Å². The second-order valence-electron chi connectivity index (χ2n) is 3.66. The molecule has 0 bridgehead atoms. The molecular weight excluding hydrogens is 188 g/mol. The number of methoxy groups -OCH3 is 1. The van der Waals surface area contributed by atoms with Gasteiger partial charge in [0.2, 0.25) is 0 Å². The van der Waals surface area contributed by atoms with Crippen molar-refractivity contribution in [3.05, 3.63) is 29.3 Å². The molecule has 0 aliphatic rings. The molecule has 0 aliphatic carbocycles. The third-order valence-corrected chi connectivity index (χ3v) is 2.51. The van der Waals surface area contributed by atoms with E-state index in [1.807, 2.05) is 12.1 Å². The molecule has 4 N–H and O–H groups in total. The van der Waals surface area contributed by atoms with Crippen LogP contribution in [0.25, 0.3) is 0 Å². The van der Waals surface area contributed by atoms with Gasteiger partial charge in [-0.2, -0.15) is 0 Å². The predicted octanol–water partition coefficient (Wildman–Crippen LogP) is 1.61. The Bertz CT molecular complexity index is 312. The molecule has 0 aliphatic heterocycles. The molecule has 84 valence electrons. The fourth-order valence-electron chi connectivity index (χ4n) is 1.63. The monoisotopic (exact) mass is 208 g/mol. The van der Waals surface area contributed by atoms with Gasteiger partial charge < -0.3 is 16.2 Å². The molecular formula is C12H20N2O. The van der Waals surface area contributed by atoms with Crippen LogP contribution in [0.3, 0.4) is 0 Å². The number of ether oxygens (including phenoxy) is 1. The standard InChI is InChI=1S/C12H20N2O/c1-3-4-10-7-9(11(14)8-13)5-6-12(10)15-2/h5-7,11H,3-4,8,13-14H2,1-2H3. The van der Waals surface area contributed by atoms with E-state index in [2.05, 4.69) is 13.0 Å². The van der Waals surface area contributed by atoms with E-state index >= 15 is 0 Å². The van der Waals surface area contributed by atoms with Crippen LogP contribution >= 0.6 is 0 Å². The lowest BCUT2D eigenvalue weighted by Crippen LogP contribution is -2.20. The Balaban J connectivity index is 2.98. The predicted molar refractivity (Wildman–Crippen MR) is 63.0 cm³/mol. The molecule has 0 aromatic heterocycles. The fourth-order valence-corrected chi connectivity index (χ4v) is 1.63. The van der Waals surface area contributed by atoms with Crippen LogP contribution in [0.1, 0.15) is 30.5 Å². The molecule has 1 atom stereocenters. The summed E-state index contributed by atoms with van der Waals surface area (Å²) >= 11 is 0. The molecule has 0 spiro atoms. The smallest absolute Gasteiger partial charge is 0.122 e. The maximum atomic E-state index is 5.89. The third-order valence-electron chi connectivity index (χ3n) is 2.51. The van der Waals surface area contributed by atoms with Gasteiger partial charge in [0, 0.05) is 12.6 Å². The molecule has 0 fully saturated rings. The zero-order valence-corrected chi connectivity index (χ0v) is 9.49. The molecule has 15 heavy (non-hydrogen) atoms. The largest absolute Gasteiger partial charge is 0.496 e. The van der Waals surface area contributed by atoms with E-state index in [0.29, 0.717) is 6.54 Å². The lowest BCUT2D eigenvalue weighted by Gasteiger charge is -2.13. The van der Waals surface area contributed by atoms with E-state index in [-0.39, 0.29) is 6.04 Å². The number of rotatable bonds is 5. The molecule has 1 unspecified atom stereocenters. The van der Waals surface area contributed by atoms with Crippen molar-refractivity contribution < 1.29 is 4.74 Å². The van der Waals surface area contributed by atoms with Gasteiger partial charge in [-0.05, 0) is 23.6 Å². The minimum absolute atomic E-state index is 0.0773. The topological polar surface area (TPSA) is 61.3 Å². The normalized spacial score (nSPS) is 12.5. The molecule has 1 aromatic carbocycles. The van der Waals surface area contributed by atoms with E-state index in [9.17, 15) is 0 Å². The summed E-state index contributed by atoms with van der Waals surface area (Å²) in [5.41, 5.74) is 13.7. The Hall–Kier alpha value is -1.06. The van der Waals surface area contributed by atoms with E-state index < -0.39 is 0 Å². The Labute approximate surface area is 91.4 Å². The van der Waals surface area contributed by atoms with Crippen LogP contribution in [0.15, 0.2) is 18.2 Å². The van der Waals surface area contributed by atoms with Gasteiger partial charge >= 0.3 is 0 Å². The maximum absolute atomic E-state index is 5.89. The van der Waals surface area contributed by atoms with Gasteiger partial charge in [0.1, 0.15) is 5.75 Å². The average molecular weight is 208 g/mol. The number of nitrogens with two attached hydrogens (primary N) is 2. The van der Waals surface area contributed by atoms with Crippen molar-refractivity contribution in [1.29, 1.82) is 0 Å². The molecule has 0 saturated carbocycles. The number of hydrogen-bond donors (Lipinski definition) is 2. The Kier molecular flexibility index (Phi) is 4.59. The van der Waals surface area contributed by atoms with Crippen molar-refractivity contribution >= 4 is 0 Å². The van der Waals surface area contributed by atoms with Crippen LogP contribution in [0.2, 0.25) is 0 Å². The molecule has 1 aromatic rings. The molecule has 0 saturated heterocycles.